The molecule has 0 saturated heterocycles. The Morgan fingerprint density at radius 3 is 2.37 bits per heavy atom. The summed E-state index contributed by atoms with van der Waals surface area (Å²) in [6.07, 6.45) is 1.89. The van der Waals surface area contributed by atoms with Gasteiger partial charge in [0.2, 0.25) is 0 Å². The molecule has 0 aliphatic rings. The number of benzene rings is 2. The number of hydrogen-bond donors (Lipinski definition) is 1. The third kappa shape index (κ3) is 3.93. The highest BCUT2D eigenvalue weighted by Crippen LogP contribution is 2.14. The Kier molecular flexibility index (Phi) is 4.39. The maximum atomic E-state index is 6.31. The first-order valence-corrected chi connectivity index (χ1v) is 6.92. The SMILES string of the molecule is Cc1cccc(CC(N)Cc2cc(C)ccc2C)c1. The molecule has 0 radical (unpaired) electrons. The second-order valence-electron chi connectivity index (χ2n) is 5.59. The van der Waals surface area contributed by atoms with Crippen LogP contribution in [0.5, 0.6) is 0 Å². The number of aryl methyl sites for hydroxylation is 3. The molecular weight excluding hydrogens is 230 g/mol. The lowest BCUT2D eigenvalue weighted by atomic mass is 9.95. The second-order valence-corrected chi connectivity index (χ2v) is 5.59. The van der Waals surface area contributed by atoms with Crippen LogP contribution in [0.15, 0.2) is 42.5 Å². The topological polar surface area (TPSA) is 26.0 Å². The number of nitrogens with two attached hydrogens (primary N) is 1. The molecule has 19 heavy (non-hydrogen) atoms. The van der Waals surface area contributed by atoms with Crippen molar-refractivity contribution < 1.29 is 0 Å². The Balaban J connectivity index is 2.05. The van der Waals surface area contributed by atoms with Gasteiger partial charge in [-0.1, -0.05) is 53.6 Å². The fourth-order valence-electron chi connectivity index (χ4n) is 2.52. The van der Waals surface area contributed by atoms with Gasteiger partial charge in [-0.15, -0.1) is 0 Å². The standard InChI is InChI=1S/C18H23N/c1-13-5-4-6-16(9-13)11-18(19)12-17-10-14(2)7-8-15(17)3/h4-10,18H,11-12,19H2,1-3H3. The van der Waals surface area contributed by atoms with Crippen LogP contribution in [0.1, 0.15) is 27.8 Å². The molecule has 0 aliphatic heterocycles. The molecule has 1 nitrogen and oxygen atoms in total. The van der Waals surface area contributed by atoms with Crippen molar-refractivity contribution in [2.75, 3.05) is 0 Å². The minimum Gasteiger partial charge on any atom is -0.327 e. The summed E-state index contributed by atoms with van der Waals surface area (Å²) in [5.41, 5.74) is 13.0. The average Bonchev–Trinajstić information content (AvgIpc) is 2.34. The van der Waals surface area contributed by atoms with Gasteiger partial charge in [-0.05, 0) is 50.3 Å². The first-order valence-electron chi connectivity index (χ1n) is 6.92. The summed E-state index contributed by atoms with van der Waals surface area (Å²) in [5, 5.41) is 0. The zero-order valence-electron chi connectivity index (χ0n) is 12.1. The summed E-state index contributed by atoms with van der Waals surface area (Å²) in [6, 6.07) is 15.4. The van der Waals surface area contributed by atoms with Crippen LogP contribution in [0.4, 0.5) is 0 Å². The molecule has 0 heterocycles. The summed E-state index contributed by atoms with van der Waals surface area (Å²) in [4.78, 5) is 0. The molecule has 0 aromatic heterocycles. The van der Waals surface area contributed by atoms with Crippen LogP contribution in [0.25, 0.3) is 0 Å². The molecule has 0 amide bonds. The molecule has 0 spiro atoms. The van der Waals surface area contributed by atoms with Gasteiger partial charge in [-0.2, -0.15) is 0 Å². The average molecular weight is 253 g/mol. The molecule has 0 fully saturated rings. The van der Waals surface area contributed by atoms with Crippen LogP contribution in [0.3, 0.4) is 0 Å². The molecule has 0 saturated carbocycles. The summed E-state index contributed by atoms with van der Waals surface area (Å²) < 4.78 is 0. The highest BCUT2D eigenvalue weighted by atomic mass is 14.6. The number of hydrogen-bond acceptors (Lipinski definition) is 1. The van der Waals surface area contributed by atoms with Gasteiger partial charge in [0, 0.05) is 6.04 Å². The van der Waals surface area contributed by atoms with Crippen molar-refractivity contribution in [1.82, 2.24) is 0 Å². The Bertz CT molecular complexity index is 557. The number of rotatable bonds is 4. The lowest BCUT2D eigenvalue weighted by molar-refractivity contribution is 0.662. The molecular formula is C18H23N. The maximum absolute atomic E-state index is 6.31. The summed E-state index contributed by atoms with van der Waals surface area (Å²) >= 11 is 0. The van der Waals surface area contributed by atoms with Crippen molar-refractivity contribution in [3.8, 4) is 0 Å². The van der Waals surface area contributed by atoms with Crippen LogP contribution in [0.2, 0.25) is 0 Å². The monoisotopic (exact) mass is 253 g/mol. The van der Waals surface area contributed by atoms with Crippen LogP contribution in [0, 0.1) is 20.8 Å². The minimum absolute atomic E-state index is 0.183. The molecule has 0 bridgehead atoms. The molecule has 2 aromatic rings. The molecule has 1 heteroatoms. The van der Waals surface area contributed by atoms with E-state index in [0.29, 0.717) is 0 Å². The summed E-state index contributed by atoms with van der Waals surface area (Å²) in [7, 11) is 0. The van der Waals surface area contributed by atoms with E-state index in [1.807, 2.05) is 0 Å². The van der Waals surface area contributed by atoms with Gasteiger partial charge in [0.1, 0.15) is 0 Å². The highest BCUT2D eigenvalue weighted by molar-refractivity contribution is 5.31. The van der Waals surface area contributed by atoms with Crippen LogP contribution in [-0.2, 0) is 12.8 Å². The van der Waals surface area contributed by atoms with Gasteiger partial charge in [0.15, 0.2) is 0 Å². The third-order valence-corrected chi connectivity index (χ3v) is 3.57. The van der Waals surface area contributed by atoms with E-state index in [2.05, 4.69) is 63.2 Å². The predicted molar refractivity (Wildman–Crippen MR) is 82.5 cm³/mol. The molecule has 2 N–H and O–H groups in total. The van der Waals surface area contributed by atoms with E-state index in [4.69, 9.17) is 5.73 Å². The molecule has 0 aliphatic carbocycles. The molecule has 2 aromatic carbocycles. The normalized spacial score (nSPS) is 12.4. The van der Waals surface area contributed by atoms with E-state index >= 15 is 0 Å². The first kappa shape index (κ1) is 13.8. The van der Waals surface area contributed by atoms with Crippen molar-refractivity contribution in [2.45, 2.75) is 39.7 Å². The lowest BCUT2D eigenvalue weighted by Gasteiger charge is -2.14. The van der Waals surface area contributed by atoms with Crippen LogP contribution < -0.4 is 5.73 Å². The highest BCUT2D eigenvalue weighted by Gasteiger charge is 2.08. The van der Waals surface area contributed by atoms with Crippen molar-refractivity contribution in [3.63, 3.8) is 0 Å². The first-order chi connectivity index (χ1) is 9.04. The minimum atomic E-state index is 0.183. The van der Waals surface area contributed by atoms with Crippen molar-refractivity contribution in [3.05, 3.63) is 70.3 Å². The van der Waals surface area contributed by atoms with E-state index < -0.39 is 0 Å². The fraction of sp³-hybridized carbons (Fsp3) is 0.333. The summed E-state index contributed by atoms with van der Waals surface area (Å²) in [5.74, 6) is 0. The largest absolute Gasteiger partial charge is 0.327 e. The van der Waals surface area contributed by atoms with E-state index in [1.165, 1.54) is 27.8 Å². The fourth-order valence-corrected chi connectivity index (χ4v) is 2.52. The molecule has 2 rings (SSSR count). The van der Waals surface area contributed by atoms with E-state index in [9.17, 15) is 0 Å². The van der Waals surface area contributed by atoms with Crippen molar-refractivity contribution in [1.29, 1.82) is 0 Å². The van der Waals surface area contributed by atoms with Gasteiger partial charge in [0.05, 0.1) is 0 Å². The second kappa shape index (κ2) is 6.03. The van der Waals surface area contributed by atoms with Gasteiger partial charge in [0.25, 0.3) is 0 Å². The smallest absolute Gasteiger partial charge is 0.0120 e. The van der Waals surface area contributed by atoms with E-state index in [0.717, 1.165) is 12.8 Å². The van der Waals surface area contributed by atoms with Crippen LogP contribution in [-0.4, -0.2) is 6.04 Å². The van der Waals surface area contributed by atoms with Gasteiger partial charge in [-0.3, -0.25) is 0 Å². The Morgan fingerprint density at radius 1 is 0.895 bits per heavy atom. The van der Waals surface area contributed by atoms with Gasteiger partial charge in [-0.25, -0.2) is 0 Å². The Labute approximate surface area is 116 Å². The molecule has 1 atom stereocenters. The Hall–Kier alpha value is -1.60. The van der Waals surface area contributed by atoms with E-state index in [-0.39, 0.29) is 6.04 Å². The zero-order chi connectivity index (χ0) is 13.8. The maximum Gasteiger partial charge on any atom is 0.0120 e. The molecule has 1 unspecified atom stereocenters. The summed E-state index contributed by atoms with van der Waals surface area (Å²) in [6.45, 7) is 6.42. The van der Waals surface area contributed by atoms with E-state index in [1.54, 1.807) is 0 Å². The zero-order valence-corrected chi connectivity index (χ0v) is 12.1. The quantitative estimate of drug-likeness (QED) is 0.883. The van der Waals surface area contributed by atoms with Gasteiger partial charge >= 0.3 is 0 Å². The lowest BCUT2D eigenvalue weighted by Crippen LogP contribution is -2.26. The van der Waals surface area contributed by atoms with Crippen molar-refractivity contribution >= 4 is 0 Å². The molecule has 100 valence electrons. The Morgan fingerprint density at radius 2 is 1.63 bits per heavy atom. The van der Waals surface area contributed by atoms with Crippen molar-refractivity contribution in [2.24, 2.45) is 5.73 Å². The van der Waals surface area contributed by atoms with Crippen LogP contribution >= 0.6 is 0 Å². The van der Waals surface area contributed by atoms with Gasteiger partial charge < -0.3 is 5.73 Å². The third-order valence-electron chi connectivity index (χ3n) is 3.57. The predicted octanol–water partition coefficient (Wildman–Crippen LogP) is 3.72.